The monoisotopic (exact) mass is 388 g/mol. The molecule has 146 valence electrons. The van der Waals surface area contributed by atoms with Crippen LogP contribution in [0.25, 0.3) is 17.3 Å². The zero-order chi connectivity index (χ0) is 21.0. The van der Waals surface area contributed by atoms with Crippen LogP contribution in [0.4, 0.5) is 4.39 Å². The number of allylic oxidation sites excluding steroid dienone is 1. The summed E-state index contributed by atoms with van der Waals surface area (Å²) in [5, 5.41) is 9.57. The third-order valence-corrected chi connectivity index (χ3v) is 4.66. The van der Waals surface area contributed by atoms with Crippen LogP contribution in [-0.2, 0) is 4.74 Å². The number of hydrogen-bond donors (Lipinski definition) is 0. The minimum Gasteiger partial charge on any atom is -0.462 e. The molecule has 0 radical (unpaired) electrons. The lowest BCUT2D eigenvalue weighted by atomic mass is 10.0. The molecule has 1 heterocycles. The van der Waals surface area contributed by atoms with E-state index in [1.807, 2.05) is 36.6 Å². The topological polar surface area (TPSA) is 55.0 Å². The van der Waals surface area contributed by atoms with Gasteiger partial charge in [0.05, 0.1) is 23.8 Å². The van der Waals surface area contributed by atoms with Crippen molar-refractivity contribution in [3.05, 3.63) is 88.5 Å². The van der Waals surface area contributed by atoms with Crippen LogP contribution in [0.2, 0.25) is 0 Å². The molecule has 0 N–H and O–H groups in total. The van der Waals surface area contributed by atoms with Gasteiger partial charge in [0.2, 0.25) is 0 Å². The Morgan fingerprint density at radius 3 is 2.52 bits per heavy atom. The van der Waals surface area contributed by atoms with Gasteiger partial charge in [-0.15, -0.1) is 0 Å². The highest BCUT2D eigenvalue weighted by Crippen LogP contribution is 2.26. The van der Waals surface area contributed by atoms with Crippen molar-refractivity contribution in [3.63, 3.8) is 0 Å². The highest BCUT2D eigenvalue weighted by atomic mass is 19.1. The van der Waals surface area contributed by atoms with Crippen molar-refractivity contribution in [2.24, 2.45) is 0 Å². The maximum Gasteiger partial charge on any atom is 0.338 e. The van der Waals surface area contributed by atoms with Gasteiger partial charge in [-0.2, -0.15) is 5.26 Å². The normalized spacial score (nSPS) is 11.2. The number of esters is 1. The van der Waals surface area contributed by atoms with Gasteiger partial charge in [-0.25, -0.2) is 9.18 Å². The fraction of sp³-hybridized carbons (Fsp3) is 0.167. The second kappa shape index (κ2) is 8.57. The molecule has 3 aromatic rings. The molecule has 0 atom stereocenters. The molecule has 0 fully saturated rings. The van der Waals surface area contributed by atoms with E-state index in [-0.39, 0.29) is 11.8 Å². The van der Waals surface area contributed by atoms with E-state index in [2.05, 4.69) is 6.07 Å². The van der Waals surface area contributed by atoms with Crippen LogP contribution >= 0.6 is 0 Å². The fourth-order valence-corrected chi connectivity index (χ4v) is 3.28. The predicted molar refractivity (Wildman–Crippen MR) is 111 cm³/mol. The molecule has 0 saturated heterocycles. The Hall–Kier alpha value is -3.65. The molecule has 0 spiro atoms. The standard InChI is InChI=1S/C24H21FN2O2/c1-4-29-24(28)19-6-5-7-23(14-19)27-16(2)12-20(17(27)3)13-21(15-26)18-8-10-22(25)11-9-18/h5-14H,4H2,1-3H3/b21-13-. The molecule has 4 nitrogen and oxygen atoms in total. The average molecular weight is 388 g/mol. The maximum absolute atomic E-state index is 13.2. The summed E-state index contributed by atoms with van der Waals surface area (Å²) in [5.74, 6) is -0.703. The van der Waals surface area contributed by atoms with Gasteiger partial charge in [-0.05, 0) is 74.4 Å². The Labute approximate surface area is 169 Å². The minimum absolute atomic E-state index is 0.319. The van der Waals surface area contributed by atoms with E-state index in [0.29, 0.717) is 23.3 Å². The fourth-order valence-electron chi connectivity index (χ4n) is 3.28. The minimum atomic E-state index is -0.361. The van der Waals surface area contributed by atoms with Crippen molar-refractivity contribution in [2.45, 2.75) is 20.8 Å². The second-order valence-electron chi connectivity index (χ2n) is 6.61. The molecule has 5 heteroatoms. The van der Waals surface area contributed by atoms with E-state index in [4.69, 9.17) is 4.74 Å². The third kappa shape index (κ3) is 4.27. The largest absolute Gasteiger partial charge is 0.462 e. The number of hydrogen-bond acceptors (Lipinski definition) is 3. The van der Waals surface area contributed by atoms with Crippen molar-refractivity contribution in [1.29, 1.82) is 5.26 Å². The molecular weight excluding hydrogens is 367 g/mol. The van der Waals surface area contributed by atoms with Crippen molar-refractivity contribution in [3.8, 4) is 11.8 Å². The van der Waals surface area contributed by atoms with Gasteiger partial charge in [-0.1, -0.05) is 18.2 Å². The van der Waals surface area contributed by atoms with E-state index in [1.54, 1.807) is 37.3 Å². The van der Waals surface area contributed by atoms with Crippen LogP contribution in [0.1, 0.15) is 39.8 Å². The van der Waals surface area contributed by atoms with Gasteiger partial charge < -0.3 is 9.30 Å². The number of aryl methyl sites for hydroxylation is 1. The summed E-state index contributed by atoms with van der Waals surface area (Å²) >= 11 is 0. The van der Waals surface area contributed by atoms with Crippen molar-refractivity contribution in [1.82, 2.24) is 4.57 Å². The smallest absolute Gasteiger partial charge is 0.338 e. The molecule has 3 rings (SSSR count). The van der Waals surface area contributed by atoms with Gasteiger partial charge >= 0.3 is 5.97 Å². The zero-order valence-corrected chi connectivity index (χ0v) is 16.6. The lowest BCUT2D eigenvalue weighted by Gasteiger charge is -2.11. The number of ether oxygens (including phenoxy) is 1. The summed E-state index contributed by atoms with van der Waals surface area (Å²) in [6.07, 6.45) is 1.79. The van der Waals surface area contributed by atoms with Gasteiger partial charge in [0.25, 0.3) is 0 Å². The van der Waals surface area contributed by atoms with Crippen LogP contribution < -0.4 is 0 Å². The van der Waals surface area contributed by atoms with Gasteiger partial charge in [-0.3, -0.25) is 0 Å². The van der Waals surface area contributed by atoms with E-state index >= 15 is 0 Å². The molecule has 0 aliphatic heterocycles. The van der Waals surface area contributed by atoms with Crippen LogP contribution in [-0.4, -0.2) is 17.1 Å². The van der Waals surface area contributed by atoms with Gasteiger partial charge in [0.1, 0.15) is 5.82 Å². The molecule has 29 heavy (non-hydrogen) atoms. The van der Waals surface area contributed by atoms with Crippen molar-refractivity contribution < 1.29 is 13.9 Å². The van der Waals surface area contributed by atoms with E-state index in [1.165, 1.54) is 12.1 Å². The van der Waals surface area contributed by atoms with Crippen molar-refractivity contribution >= 4 is 17.6 Å². The summed E-state index contributed by atoms with van der Waals surface area (Å²) in [5.41, 5.74) is 5.20. The van der Waals surface area contributed by atoms with Crippen LogP contribution in [0.15, 0.2) is 54.6 Å². The molecule has 2 aromatic carbocycles. The SMILES string of the molecule is CCOC(=O)c1cccc(-n2c(C)cc(/C=C(/C#N)c3ccc(F)cc3)c2C)c1. The summed E-state index contributed by atoms with van der Waals surface area (Å²) in [4.78, 5) is 12.1. The van der Waals surface area contributed by atoms with Crippen LogP contribution in [0.5, 0.6) is 0 Å². The maximum atomic E-state index is 13.2. The quantitative estimate of drug-likeness (QED) is 0.430. The summed E-state index contributed by atoms with van der Waals surface area (Å²) in [6, 6.07) is 17.3. The summed E-state index contributed by atoms with van der Waals surface area (Å²) in [6.45, 7) is 6.01. The molecule has 0 aliphatic carbocycles. The number of aromatic nitrogens is 1. The number of nitrogens with zero attached hydrogens (tertiary/aromatic N) is 2. The zero-order valence-electron chi connectivity index (χ0n) is 16.6. The number of carbonyl (C=O) groups is 1. The summed E-state index contributed by atoms with van der Waals surface area (Å²) in [7, 11) is 0. The number of halogens is 1. The van der Waals surface area contributed by atoms with Gasteiger partial charge in [0, 0.05) is 17.1 Å². The Kier molecular flexibility index (Phi) is 5.94. The third-order valence-electron chi connectivity index (χ3n) is 4.66. The molecule has 0 aliphatic rings. The van der Waals surface area contributed by atoms with E-state index in [9.17, 15) is 14.4 Å². The highest BCUT2D eigenvalue weighted by Gasteiger charge is 2.13. The average Bonchev–Trinajstić information content (AvgIpc) is 3.00. The lowest BCUT2D eigenvalue weighted by molar-refractivity contribution is 0.0526. The van der Waals surface area contributed by atoms with Gasteiger partial charge in [0.15, 0.2) is 0 Å². The highest BCUT2D eigenvalue weighted by molar-refractivity contribution is 5.91. The molecule has 0 bridgehead atoms. The lowest BCUT2D eigenvalue weighted by Crippen LogP contribution is -2.06. The first-order chi connectivity index (χ1) is 13.9. The first kappa shape index (κ1) is 20.1. The molecule has 0 unspecified atom stereocenters. The predicted octanol–water partition coefficient (Wildman–Crippen LogP) is 5.47. The van der Waals surface area contributed by atoms with Crippen LogP contribution in [0, 0.1) is 31.0 Å². The van der Waals surface area contributed by atoms with E-state index < -0.39 is 0 Å². The number of benzene rings is 2. The molecule has 0 saturated carbocycles. The number of carbonyl (C=O) groups excluding carboxylic acids is 1. The summed E-state index contributed by atoms with van der Waals surface area (Å²) < 4.78 is 20.3. The number of rotatable bonds is 5. The molecular formula is C24H21FN2O2. The Morgan fingerprint density at radius 2 is 1.86 bits per heavy atom. The first-order valence-electron chi connectivity index (χ1n) is 9.28. The van der Waals surface area contributed by atoms with E-state index in [0.717, 1.165) is 22.6 Å². The molecule has 0 amide bonds. The first-order valence-corrected chi connectivity index (χ1v) is 9.28. The number of nitriles is 1. The Morgan fingerprint density at radius 1 is 1.14 bits per heavy atom. The van der Waals surface area contributed by atoms with Crippen molar-refractivity contribution in [2.75, 3.05) is 6.61 Å². The Bertz CT molecular complexity index is 1120. The Balaban J connectivity index is 2.03. The molecule has 1 aromatic heterocycles. The van der Waals surface area contributed by atoms with Crippen LogP contribution in [0.3, 0.4) is 0 Å². The second-order valence-corrected chi connectivity index (χ2v) is 6.61.